The van der Waals surface area contributed by atoms with Gasteiger partial charge in [0.1, 0.15) is 4.51 Å². The Labute approximate surface area is 139 Å². The van der Waals surface area contributed by atoms with Crippen LogP contribution in [-0.2, 0) is 0 Å². The smallest absolute Gasteiger partial charge is 0.142 e. The van der Waals surface area contributed by atoms with Crippen LogP contribution in [0.1, 0.15) is 96.8 Å². The van der Waals surface area contributed by atoms with Gasteiger partial charge in [-0.3, -0.25) is 0 Å². The highest BCUT2D eigenvalue weighted by molar-refractivity contribution is 9.10. The van der Waals surface area contributed by atoms with E-state index in [-0.39, 0.29) is 5.92 Å². The van der Waals surface area contributed by atoms with E-state index in [1.54, 1.807) is 6.92 Å². The third-order valence-electron chi connectivity index (χ3n) is 4.89. The topological polar surface area (TPSA) is 40.5 Å². The van der Waals surface area contributed by atoms with Crippen LogP contribution in [0.2, 0.25) is 0 Å². The molecule has 0 spiro atoms. The average molecular weight is 363 g/mol. The first kappa shape index (κ1) is 19.4. The van der Waals surface area contributed by atoms with Crippen molar-refractivity contribution in [1.82, 2.24) is 0 Å². The molecule has 1 saturated carbocycles. The molecule has 1 aliphatic rings. The Kier molecular flexibility index (Phi) is 10.2. The molecule has 0 amide bonds. The van der Waals surface area contributed by atoms with Crippen molar-refractivity contribution in [2.45, 2.75) is 107 Å². The van der Waals surface area contributed by atoms with Crippen molar-refractivity contribution in [3.05, 3.63) is 0 Å². The Hall–Kier alpha value is 0.400. The van der Waals surface area contributed by atoms with Crippen molar-refractivity contribution < 1.29 is 10.2 Å². The van der Waals surface area contributed by atoms with Gasteiger partial charge in [0.2, 0.25) is 0 Å². The van der Waals surface area contributed by atoms with Crippen LogP contribution in [0, 0.1) is 5.92 Å². The Morgan fingerprint density at radius 1 is 0.762 bits per heavy atom. The van der Waals surface area contributed by atoms with Crippen molar-refractivity contribution in [2.75, 3.05) is 0 Å². The third-order valence-corrected chi connectivity index (χ3v) is 5.36. The summed E-state index contributed by atoms with van der Waals surface area (Å²) >= 11 is 3.23. The van der Waals surface area contributed by atoms with E-state index in [1.807, 2.05) is 0 Å². The van der Waals surface area contributed by atoms with Crippen LogP contribution in [-0.4, -0.2) is 20.8 Å². The first-order valence-electron chi connectivity index (χ1n) is 9.11. The highest BCUT2D eigenvalue weighted by Crippen LogP contribution is 2.31. The Morgan fingerprint density at radius 2 is 1.05 bits per heavy atom. The highest BCUT2D eigenvalue weighted by atomic mass is 79.9. The average Bonchev–Trinajstić information content (AvgIpc) is 2.43. The van der Waals surface area contributed by atoms with Crippen LogP contribution in [0.15, 0.2) is 0 Å². The summed E-state index contributed by atoms with van der Waals surface area (Å²) in [6.07, 6.45) is 17.3. The molecule has 0 aromatic rings. The number of aliphatic hydroxyl groups excluding tert-OH is 1. The summed E-state index contributed by atoms with van der Waals surface area (Å²) in [6, 6.07) is 0. The Balaban J connectivity index is 2.43. The Morgan fingerprint density at radius 3 is 1.33 bits per heavy atom. The first-order valence-corrected chi connectivity index (χ1v) is 9.90. The highest BCUT2D eigenvalue weighted by Gasteiger charge is 2.33. The van der Waals surface area contributed by atoms with E-state index >= 15 is 0 Å². The second-order valence-corrected chi connectivity index (χ2v) is 8.65. The maximum absolute atomic E-state index is 10.4. The lowest BCUT2D eigenvalue weighted by Crippen LogP contribution is -2.39. The lowest BCUT2D eigenvalue weighted by molar-refractivity contribution is -0.0305. The minimum Gasteiger partial charge on any atom is -0.389 e. The van der Waals surface area contributed by atoms with Gasteiger partial charge in [-0.05, 0) is 25.7 Å². The van der Waals surface area contributed by atoms with E-state index in [9.17, 15) is 10.2 Å². The molecule has 2 unspecified atom stereocenters. The standard InChI is InChI=1S/C18H35BrO2/c1-18(19,21)17(20)16-14-12-10-8-6-4-2-3-5-7-9-11-13-15-16/h16-17,20-21H,2-15H2,1H3. The van der Waals surface area contributed by atoms with Crippen LogP contribution in [0.3, 0.4) is 0 Å². The van der Waals surface area contributed by atoms with Crippen LogP contribution >= 0.6 is 15.9 Å². The van der Waals surface area contributed by atoms with E-state index in [0.717, 1.165) is 12.8 Å². The predicted molar refractivity (Wildman–Crippen MR) is 93.7 cm³/mol. The summed E-state index contributed by atoms with van der Waals surface area (Å²) in [4.78, 5) is 0. The molecule has 0 bridgehead atoms. The van der Waals surface area contributed by atoms with Crippen LogP contribution < -0.4 is 0 Å². The molecule has 2 N–H and O–H groups in total. The van der Waals surface area contributed by atoms with Crippen molar-refractivity contribution >= 4 is 15.9 Å². The van der Waals surface area contributed by atoms with Crippen molar-refractivity contribution in [2.24, 2.45) is 5.92 Å². The lowest BCUT2D eigenvalue weighted by Gasteiger charge is -2.30. The third kappa shape index (κ3) is 9.20. The molecule has 3 heteroatoms. The van der Waals surface area contributed by atoms with Gasteiger partial charge < -0.3 is 10.2 Å². The van der Waals surface area contributed by atoms with E-state index in [1.165, 1.54) is 77.0 Å². The number of hydrogen-bond acceptors (Lipinski definition) is 2. The normalized spacial score (nSPS) is 26.3. The summed E-state index contributed by atoms with van der Waals surface area (Å²) in [5.74, 6) is 0.226. The zero-order chi connectivity index (χ0) is 15.6. The fourth-order valence-corrected chi connectivity index (χ4v) is 3.84. The molecular weight excluding hydrogens is 328 g/mol. The number of rotatable bonds is 2. The second-order valence-electron chi connectivity index (χ2n) is 7.05. The summed E-state index contributed by atoms with van der Waals surface area (Å²) in [5.41, 5.74) is 0. The molecule has 2 atom stereocenters. The number of halogens is 1. The summed E-state index contributed by atoms with van der Waals surface area (Å²) in [5, 5.41) is 20.4. The molecule has 0 saturated heterocycles. The van der Waals surface area contributed by atoms with E-state index in [2.05, 4.69) is 15.9 Å². The fraction of sp³-hybridized carbons (Fsp3) is 1.00. The first-order chi connectivity index (χ1) is 10.0. The molecule has 0 aromatic carbocycles. The van der Waals surface area contributed by atoms with Gasteiger partial charge >= 0.3 is 0 Å². The van der Waals surface area contributed by atoms with Gasteiger partial charge in [-0.15, -0.1) is 0 Å². The van der Waals surface area contributed by atoms with Gasteiger partial charge in [-0.25, -0.2) is 0 Å². The largest absolute Gasteiger partial charge is 0.389 e. The molecule has 1 fully saturated rings. The molecule has 126 valence electrons. The second kappa shape index (κ2) is 11.0. The lowest BCUT2D eigenvalue weighted by atomic mass is 9.87. The van der Waals surface area contributed by atoms with Gasteiger partial charge in [0, 0.05) is 0 Å². The number of hydrogen-bond donors (Lipinski definition) is 2. The predicted octanol–water partition coefficient (Wildman–Crippen LogP) is 5.54. The van der Waals surface area contributed by atoms with E-state index in [4.69, 9.17) is 0 Å². The maximum Gasteiger partial charge on any atom is 0.142 e. The number of alkyl halides is 1. The van der Waals surface area contributed by atoms with Crippen molar-refractivity contribution in [1.29, 1.82) is 0 Å². The summed E-state index contributed by atoms with van der Waals surface area (Å²) in [7, 11) is 0. The van der Waals surface area contributed by atoms with Crippen LogP contribution in [0.5, 0.6) is 0 Å². The molecular formula is C18H35BrO2. The van der Waals surface area contributed by atoms with E-state index < -0.39 is 10.6 Å². The monoisotopic (exact) mass is 362 g/mol. The minimum absolute atomic E-state index is 0.226. The Bertz CT molecular complexity index is 234. The van der Waals surface area contributed by atoms with Crippen LogP contribution in [0.4, 0.5) is 0 Å². The zero-order valence-electron chi connectivity index (χ0n) is 13.8. The molecule has 2 nitrogen and oxygen atoms in total. The fourth-order valence-electron chi connectivity index (χ4n) is 3.47. The molecule has 0 aromatic heterocycles. The van der Waals surface area contributed by atoms with Gasteiger partial charge in [0.15, 0.2) is 0 Å². The maximum atomic E-state index is 10.4. The van der Waals surface area contributed by atoms with Gasteiger partial charge in [0.05, 0.1) is 6.10 Å². The quantitative estimate of drug-likeness (QED) is 0.632. The van der Waals surface area contributed by atoms with Gasteiger partial charge in [0.25, 0.3) is 0 Å². The SMILES string of the molecule is CC(O)(Br)C(O)C1CCCCCCCCCCCCCC1. The van der Waals surface area contributed by atoms with Crippen molar-refractivity contribution in [3.63, 3.8) is 0 Å². The molecule has 21 heavy (non-hydrogen) atoms. The van der Waals surface area contributed by atoms with Gasteiger partial charge in [-0.1, -0.05) is 93.0 Å². The molecule has 0 radical (unpaired) electrons. The molecule has 0 aliphatic heterocycles. The zero-order valence-corrected chi connectivity index (χ0v) is 15.4. The van der Waals surface area contributed by atoms with Crippen LogP contribution in [0.25, 0.3) is 0 Å². The van der Waals surface area contributed by atoms with Crippen molar-refractivity contribution in [3.8, 4) is 0 Å². The van der Waals surface area contributed by atoms with E-state index in [0.29, 0.717) is 0 Å². The molecule has 1 rings (SSSR count). The molecule has 1 aliphatic carbocycles. The minimum atomic E-state index is -1.15. The summed E-state index contributed by atoms with van der Waals surface area (Å²) in [6.45, 7) is 1.66. The molecule has 0 heterocycles. The number of aliphatic hydroxyl groups is 2. The van der Waals surface area contributed by atoms with Gasteiger partial charge in [-0.2, -0.15) is 0 Å². The summed E-state index contributed by atoms with van der Waals surface area (Å²) < 4.78 is -1.15.